The number of nitrogens with two attached hydrogens (primary N) is 1. The van der Waals surface area contributed by atoms with E-state index in [4.69, 9.17) is 10.5 Å². The Bertz CT molecular complexity index is 317. The first-order chi connectivity index (χ1) is 9.48. The Labute approximate surface area is 124 Å². The highest BCUT2D eigenvalue weighted by Crippen LogP contribution is 2.40. The van der Waals surface area contributed by atoms with E-state index < -0.39 is 0 Å². The van der Waals surface area contributed by atoms with Crippen molar-refractivity contribution in [1.82, 2.24) is 9.80 Å². The molecule has 0 amide bonds. The molecule has 0 aromatic rings. The van der Waals surface area contributed by atoms with E-state index in [0.717, 1.165) is 19.5 Å². The third-order valence-corrected chi connectivity index (χ3v) is 6.06. The summed E-state index contributed by atoms with van der Waals surface area (Å²) in [5.74, 6) is 0. The molecule has 0 heterocycles. The molecule has 2 saturated carbocycles. The van der Waals surface area contributed by atoms with Crippen LogP contribution in [0, 0.1) is 0 Å². The number of likely N-dealkylation sites (N-methyl/N-ethyl adjacent to an activating group) is 2. The number of hydrogen-bond donors (Lipinski definition) is 1. The van der Waals surface area contributed by atoms with Crippen LogP contribution in [-0.4, -0.2) is 68.3 Å². The van der Waals surface area contributed by atoms with Gasteiger partial charge in [-0.1, -0.05) is 0 Å². The molecule has 2 unspecified atom stereocenters. The largest absolute Gasteiger partial charge is 0.381 e. The maximum atomic E-state index is 6.20. The molecular weight excluding hydrogens is 250 g/mol. The van der Waals surface area contributed by atoms with Gasteiger partial charge in [0.05, 0.1) is 6.10 Å². The van der Waals surface area contributed by atoms with E-state index in [0.29, 0.717) is 11.6 Å². The minimum Gasteiger partial charge on any atom is -0.381 e. The lowest BCUT2D eigenvalue weighted by Gasteiger charge is -2.54. The first-order valence-corrected chi connectivity index (χ1v) is 8.10. The Morgan fingerprint density at radius 2 is 1.75 bits per heavy atom. The van der Waals surface area contributed by atoms with Crippen molar-refractivity contribution in [3.8, 4) is 0 Å². The average molecular weight is 283 g/mol. The summed E-state index contributed by atoms with van der Waals surface area (Å²) in [5, 5.41) is 0. The van der Waals surface area contributed by atoms with E-state index >= 15 is 0 Å². The van der Waals surface area contributed by atoms with E-state index in [9.17, 15) is 0 Å². The monoisotopic (exact) mass is 283 g/mol. The number of nitrogens with zero attached hydrogens (tertiary/aromatic N) is 2. The predicted octanol–water partition coefficient (Wildman–Crippen LogP) is 1.69. The molecular formula is C16H33N3O. The van der Waals surface area contributed by atoms with Gasteiger partial charge in [-0.2, -0.15) is 0 Å². The van der Waals surface area contributed by atoms with E-state index in [1.807, 2.05) is 7.11 Å². The lowest BCUT2D eigenvalue weighted by Crippen LogP contribution is -2.64. The summed E-state index contributed by atoms with van der Waals surface area (Å²) in [6, 6.07) is 0. The molecule has 0 radical (unpaired) electrons. The summed E-state index contributed by atoms with van der Waals surface area (Å²) in [4.78, 5) is 4.98. The highest BCUT2D eigenvalue weighted by molar-refractivity contribution is 5.03. The van der Waals surface area contributed by atoms with Gasteiger partial charge >= 0.3 is 0 Å². The summed E-state index contributed by atoms with van der Waals surface area (Å²) >= 11 is 0. The first kappa shape index (κ1) is 16.2. The fraction of sp³-hybridized carbons (Fsp3) is 1.00. The summed E-state index contributed by atoms with van der Waals surface area (Å²) in [6.07, 6.45) is 9.09. The molecule has 2 aliphatic carbocycles. The molecule has 2 atom stereocenters. The highest BCUT2D eigenvalue weighted by Gasteiger charge is 2.45. The second-order valence-corrected chi connectivity index (χ2v) is 7.21. The standard InChI is InChI=1S/C16H33N3O/c1-18(2)15(9-6-10-15)13-19(3)16(12-17)8-5-7-14(11-16)20-4/h14H,5-13,17H2,1-4H3. The summed E-state index contributed by atoms with van der Waals surface area (Å²) in [7, 11) is 8.56. The number of rotatable bonds is 6. The van der Waals surface area contributed by atoms with Crippen molar-refractivity contribution in [2.75, 3.05) is 41.3 Å². The molecule has 2 N–H and O–H groups in total. The van der Waals surface area contributed by atoms with Gasteiger partial charge in [-0.05, 0) is 66.1 Å². The fourth-order valence-electron chi connectivity index (χ4n) is 4.12. The average Bonchev–Trinajstić information content (AvgIpc) is 2.41. The maximum absolute atomic E-state index is 6.20. The van der Waals surface area contributed by atoms with Crippen LogP contribution in [0.3, 0.4) is 0 Å². The van der Waals surface area contributed by atoms with Crippen molar-refractivity contribution in [2.45, 2.75) is 62.1 Å². The van der Waals surface area contributed by atoms with Gasteiger partial charge < -0.3 is 15.4 Å². The van der Waals surface area contributed by atoms with Crippen LogP contribution in [0.2, 0.25) is 0 Å². The van der Waals surface area contributed by atoms with Gasteiger partial charge in [-0.3, -0.25) is 4.90 Å². The molecule has 20 heavy (non-hydrogen) atoms. The van der Waals surface area contributed by atoms with Crippen molar-refractivity contribution >= 4 is 0 Å². The van der Waals surface area contributed by atoms with Crippen LogP contribution in [0.4, 0.5) is 0 Å². The SMILES string of the molecule is COC1CCCC(CN)(N(C)CC2(N(C)C)CCC2)C1. The molecule has 4 heteroatoms. The molecule has 0 aromatic carbocycles. The number of ether oxygens (including phenoxy) is 1. The van der Waals surface area contributed by atoms with E-state index in [1.54, 1.807) is 0 Å². The van der Waals surface area contributed by atoms with Crippen LogP contribution in [0.5, 0.6) is 0 Å². The van der Waals surface area contributed by atoms with Gasteiger partial charge in [0.1, 0.15) is 0 Å². The molecule has 118 valence electrons. The molecule has 0 aromatic heterocycles. The normalized spacial score (nSPS) is 33.5. The molecule has 0 spiro atoms. The van der Waals surface area contributed by atoms with Crippen LogP contribution in [0.15, 0.2) is 0 Å². The summed E-state index contributed by atoms with van der Waals surface area (Å²) < 4.78 is 5.62. The van der Waals surface area contributed by atoms with Crippen molar-refractivity contribution in [3.63, 3.8) is 0 Å². The van der Waals surface area contributed by atoms with Gasteiger partial charge in [0.25, 0.3) is 0 Å². The van der Waals surface area contributed by atoms with Crippen LogP contribution in [0.1, 0.15) is 44.9 Å². The van der Waals surface area contributed by atoms with Crippen molar-refractivity contribution in [3.05, 3.63) is 0 Å². The molecule has 4 nitrogen and oxygen atoms in total. The topological polar surface area (TPSA) is 41.7 Å². The minimum atomic E-state index is 0.136. The molecule has 2 fully saturated rings. The van der Waals surface area contributed by atoms with Gasteiger partial charge in [0, 0.05) is 31.3 Å². The smallest absolute Gasteiger partial charge is 0.0589 e. The van der Waals surface area contributed by atoms with E-state index in [2.05, 4.69) is 30.9 Å². The Balaban J connectivity index is 2.06. The molecule has 0 saturated heterocycles. The van der Waals surface area contributed by atoms with Crippen molar-refractivity contribution in [2.24, 2.45) is 5.73 Å². The molecule has 0 bridgehead atoms. The quantitative estimate of drug-likeness (QED) is 0.805. The van der Waals surface area contributed by atoms with Crippen molar-refractivity contribution < 1.29 is 4.74 Å². The molecule has 2 rings (SSSR count). The molecule has 2 aliphatic rings. The Morgan fingerprint density at radius 1 is 1.10 bits per heavy atom. The van der Waals surface area contributed by atoms with Gasteiger partial charge in [-0.15, -0.1) is 0 Å². The van der Waals surface area contributed by atoms with Gasteiger partial charge in [0.2, 0.25) is 0 Å². The van der Waals surface area contributed by atoms with E-state index in [-0.39, 0.29) is 5.54 Å². The van der Waals surface area contributed by atoms with Crippen LogP contribution in [0.25, 0.3) is 0 Å². The van der Waals surface area contributed by atoms with Gasteiger partial charge in [-0.25, -0.2) is 0 Å². The third-order valence-electron chi connectivity index (χ3n) is 6.06. The second-order valence-electron chi connectivity index (χ2n) is 7.21. The van der Waals surface area contributed by atoms with Crippen LogP contribution < -0.4 is 5.73 Å². The summed E-state index contributed by atoms with van der Waals surface area (Å²) in [5.41, 5.74) is 6.71. The second kappa shape index (κ2) is 6.30. The summed E-state index contributed by atoms with van der Waals surface area (Å²) in [6.45, 7) is 1.88. The van der Waals surface area contributed by atoms with E-state index in [1.165, 1.54) is 38.5 Å². The first-order valence-electron chi connectivity index (χ1n) is 8.10. The Hall–Kier alpha value is -0.160. The molecule has 0 aliphatic heterocycles. The predicted molar refractivity (Wildman–Crippen MR) is 83.9 cm³/mol. The Kier molecular flexibility index (Phi) is 5.11. The van der Waals surface area contributed by atoms with Gasteiger partial charge in [0.15, 0.2) is 0 Å². The minimum absolute atomic E-state index is 0.136. The number of hydrogen-bond acceptors (Lipinski definition) is 4. The fourth-order valence-corrected chi connectivity index (χ4v) is 4.12. The Morgan fingerprint density at radius 3 is 2.20 bits per heavy atom. The zero-order valence-corrected chi connectivity index (χ0v) is 13.8. The lowest BCUT2D eigenvalue weighted by molar-refractivity contribution is -0.0489. The maximum Gasteiger partial charge on any atom is 0.0589 e. The highest BCUT2D eigenvalue weighted by atomic mass is 16.5. The lowest BCUT2D eigenvalue weighted by atomic mass is 9.73. The number of methoxy groups -OCH3 is 1. The van der Waals surface area contributed by atoms with Crippen molar-refractivity contribution in [1.29, 1.82) is 0 Å². The zero-order chi connectivity index (χ0) is 14.8. The van der Waals surface area contributed by atoms with Crippen LogP contribution >= 0.6 is 0 Å². The zero-order valence-electron chi connectivity index (χ0n) is 13.8. The van der Waals surface area contributed by atoms with Crippen LogP contribution in [-0.2, 0) is 4.74 Å². The third kappa shape index (κ3) is 2.89.